The van der Waals surface area contributed by atoms with Crippen molar-refractivity contribution in [1.82, 2.24) is 10.3 Å². The molecule has 0 aromatic carbocycles. The molecule has 6 heteroatoms. The highest BCUT2D eigenvalue weighted by Crippen LogP contribution is 2.10. The van der Waals surface area contributed by atoms with Crippen LogP contribution < -0.4 is 11.1 Å². The van der Waals surface area contributed by atoms with Crippen LogP contribution in [-0.4, -0.2) is 29.1 Å². The molecular weight excluding hydrogens is 238 g/mol. The number of aliphatic hydroxyl groups excluding tert-OH is 1. The van der Waals surface area contributed by atoms with Crippen LogP contribution in [0.2, 0.25) is 0 Å². The van der Waals surface area contributed by atoms with E-state index in [9.17, 15) is 4.79 Å². The molecule has 0 saturated heterocycles. The second kappa shape index (κ2) is 7.37. The molecule has 0 aliphatic carbocycles. The summed E-state index contributed by atoms with van der Waals surface area (Å²) < 4.78 is 0. The van der Waals surface area contributed by atoms with Crippen LogP contribution in [0.1, 0.15) is 35.3 Å². The van der Waals surface area contributed by atoms with Gasteiger partial charge in [-0.3, -0.25) is 4.79 Å². The number of hydrogen-bond donors (Lipinski definition) is 3. The number of amides is 1. The van der Waals surface area contributed by atoms with E-state index in [2.05, 4.69) is 10.3 Å². The van der Waals surface area contributed by atoms with E-state index in [0.717, 1.165) is 11.4 Å². The smallest absolute Gasteiger partial charge is 0.270 e. The molecule has 1 aromatic rings. The van der Waals surface area contributed by atoms with Gasteiger partial charge in [0, 0.05) is 25.1 Å². The van der Waals surface area contributed by atoms with E-state index < -0.39 is 0 Å². The molecule has 1 amide bonds. The summed E-state index contributed by atoms with van der Waals surface area (Å²) in [5, 5.41) is 14.1. The summed E-state index contributed by atoms with van der Waals surface area (Å²) in [5.41, 5.74) is 5.86. The SMILES string of the molecule is CCC(CCO)CNC(=O)c1csc(CN)n1. The molecule has 0 spiro atoms. The predicted molar refractivity (Wildman–Crippen MR) is 67.8 cm³/mol. The van der Waals surface area contributed by atoms with Gasteiger partial charge in [0.2, 0.25) is 0 Å². The highest BCUT2D eigenvalue weighted by molar-refractivity contribution is 7.09. The van der Waals surface area contributed by atoms with Gasteiger partial charge < -0.3 is 16.2 Å². The Balaban J connectivity index is 2.43. The molecule has 0 radical (unpaired) electrons. The van der Waals surface area contributed by atoms with Gasteiger partial charge in [-0.15, -0.1) is 11.3 Å². The number of nitrogens with zero attached hydrogens (tertiary/aromatic N) is 1. The standard InChI is InChI=1S/C11H19N3O2S/c1-2-8(3-4-15)6-13-11(16)9-7-17-10(5-12)14-9/h7-8,15H,2-6,12H2,1H3,(H,13,16). The number of hydrogen-bond acceptors (Lipinski definition) is 5. The third kappa shape index (κ3) is 4.41. The average molecular weight is 257 g/mol. The van der Waals surface area contributed by atoms with Gasteiger partial charge in [-0.1, -0.05) is 13.3 Å². The first kappa shape index (κ1) is 14.1. The summed E-state index contributed by atoms with van der Waals surface area (Å²) in [6.45, 7) is 3.13. The number of rotatable bonds is 7. The Morgan fingerprint density at radius 3 is 3.00 bits per heavy atom. The lowest BCUT2D eigenvalue weighted by atomic mass is 10.0. The van der Waals surface area contributed by atoms with Gasteiger partial charge in [0.1, 0.15) is 10.7 Å². The van der Waals surface area contributed by atoms with Crippen LogP contribution >= 0.6 is 11.3 Å². The highest BCUT2D eigenvalue weighted by Gasteiger charge is 2.12. The number of aromatic nitrogens is 1. The predicted octanol–water partition coefficient (Wildman–Crippen LogP) is 0.740. The third-order valence-corrected chi connectivity index (χ3v) is 3.50. The van der Waals surface area contributed by atoms with Crippen molar-refractivity contribution in [2.75, 3.05) is 13.2 Å². The lowest BCUT2D eigenvalue weighted by Gasteiger charge is -2.13. The molecule has 17 heavy (non-hydrogen) atoms. The molecule has 96 valence electrons. The summed E-state index contributed by atoms with van der Waals surface area (Å²) in [5.74, 6) is 0.147. The summed E-state index contributed by atoms with van der Waals surface area (Å²) >= 11 is 1.39. The maximum atomic E-state index is 11.7. The number of nitrogens with one attached hydrogen (secondary N) is 1. The lowest BCUT2D eigenvalue weighted by molar-refractivity contribution is 0.0939. The molecule has 0 fully saturated rings. The normalized spacial score (nSPS) is 12.4. The molecular formula is C11H19N3O2S. The Morgan fingerprint density at radius 1 is 1.71 bits per heavy atom. The number of aliphatic hydroxyl groups is 1. The van der Waals surface area contributed by atoms with E-state index in [1.54, 1.807) is 5.38 Å². The van der Waals surface area contributed by atoms with E-state index in [1.807, 2.05) is 6.92 Å². The Labute approximate surface area is 105 Å². The molecule has 4 N–H and O–H groups in total. The van der Waals surface area contributed by atoms with Crippen molar-refractivity contribution < 1.29 is 9.90 Å². The monoisotopic (exact) mass is 257 g/mol. The molecule has 1 aromatic heterocycles. The van der Waals surface area contributed by atoms with Crippen LogP contribution in [0.4, 0.5) is 0 Å². The van der Waals surface area contributed by atoms with Crippen molar-refractivity contribution in [1.29, 1.82) is 0 Å². The molecule has 0 aliphatic rings. The van der Waals surface area contributed by atoms with E-state index >= 15 is 0 Å². The molecule has 5 nitrogen and oxygen atoms in total. The maximum absolute atomic E-state index is 11.7. The second-order valence-electron chi connectivity index (χ2n) is 3.83. The largest absolute Gasteiger partial charge is 0.396 e. The van der Waals surface area contributed by atoms with Crippen LogP contribution in [0, 0.1) is 5.92 Å². The van der Waals surface area contributed by atoms with Crippen LogP contribution in [0.3, 0.4) is 0 Å². The minimum atomic E-state index is -0.169. The quantitative estimate of drug-likeness (QED) is 0.672. The van der Waals surface area contributed by atoms with Gasteiger partial charge in [0.15, 0.2) is 0 Å². The van der Waals surface area contributed by atoms with Gasteiger partial charge in [0.25, 0.3) is 5.91 Å². The molecule has 1 heterocycles. The minimum absolute atomic E-state index is 0.155. The van der Waals surface area contributed by atoms with Gasteiger partial charge in [-0.05, 0) is 12.3 Å². The molecule has 1 unspecified atom stereocenters. The van der Waals surface area contributed by atoms with Gasteiger partial charge in [-0.2, -0.15) is 0 Å². The van der Waals surface area contributed by atoms with Crippen molar-refractivity contribution in [3.63, 3.8) is 0 Å². The Morgan fingerprint density at radius 2 is 2.47 bits per heavy atom. The third-order valence-electron chi connectivity index (χ3n) is 2.62. The van der Waals surface area contributed by atoms with Gasteiger partial charge in [0.05, 0.1) is 0 Å². The first-order valence-corrected chi connectivity index (χ1v) is 6.62. The topological polar surface area (TPSA) is 88.2 Å². The van der Waals surface area contributed by atoms with Crippen molar-refractivity contribution in [2.24, 2.45) is 11.7 Å². The van der Waals surface area contributed by atoms with Crippen LogP contribution in [0.15, 0.2) is 5.38 Å². The van der Waals surface area contributed by atoms with E-state index in [4.69, 9.17) is 10.8 Å². The number of carbonyl (C=O) groups excluding carboxylic acids is 1. The molecule has 1 rings (SSSR count). The number of carbonyl (C=O) groups is 1. The Kier molecular flexibility index (Phi) is 6.10. The van der Waals surface area contributed by atoms with Crippen molar-refractivity contribution in [2.45, 2.75) is 26.3 Å². The maximum Gasteiger partial charge on any atom is 0.270 e. The summed E-state index contributed by atoms with van der Waals surface area (Å²) in [4.78, 5) is 15.8. The average Bonchev–Trinajstić information content (AvgIpc) is 2.82. The van der Waals surface area contributed by atoms with Crippen LogP contribution in [0.5, 0.6) is 0 Å². The number of thiazole rings is 1. The molecule has 1 atom stereocenters. The molecule has 0 aliphatic heterocycles. The van der Waals surface area contributed by atoms with E-state index in [-0.39, 0.29) is 12.5 Å². The zero-order valence-electron chi connectivity index (χ0n) is 9.98. The Bertz CT molecular complexity index is 354. The second-order valence-corrected chi connectivity index (χ2v) is 4.77. The summed E-state index contributed by atoms with van der Waals surface area (Å²) in [7, 11) is 0. The van der Waals surface area contributed by atoms with Crippen LogP contribution in [0.25, 0.3) is 0 Å². The fourth-order valence-corrected chi connectivity index (χ4v) is 2.12. The first-order valence-electron chi connectivity index (χ1n) is 5.74. The van der Waals surface area contributed by atoms with Crippen molar-refractivity contribution in [3.8, 4) is 0 Å². The first-order chi connectivity index (χ1) is 8.21. The van der Waals surface area contributed by atoms with Gasteiger partial charge >= 0.3 is 0 Å². The van der Waals surface area contributed by atoms with E-state index in [0.29, 0.717) is 31.1 Å². The fourth-order valence-electron chi connectivity index (χ4n) is 1.47. The van der Waals surface area contributed by atoms with Crippen molar-refractivity contribution in [3.05, 3.63) is 16.1 Å². The Hall–Kier alpha value is -0.980. The molecule has 0 bridgehead atoms. The zero-order chi connectivity index (χ0) is 12.7. The zero-order valence-corrected chi connectivity index (χ0v) is 10.8. The summed E-state index contributed by atoms with van der Waals surface area (Å²) in [6.07, 6.45) is 1.65. The molecule has 0 saturated carbocycles. The lowest BCUT2D eigenvalue weighted by Crippen LogP contribution is -2.29. The van der Waals surface area contributed by atoms with E-state index in [1.165, 1.54) is 11.3 Å². The van der Waals surface area contributed by atoms with Crippen molar-refractivity contribution >= 4 is 17.2 Å². The highest BCUT2D eigenvalue weighted by atomic mass is 32.1. The summed E-state index contributed by atoms with van der Waals surface area (Å²) in [6, 6.07) is 0. The van der Waals surface area contributed by atoms with Gasteiger partial charge in [-0.25, -0.2) is 4.98 Å². The minimum Gasteiger partial charge on any atom is -0.396 e. The van der Waals surface area contributed by atoms with Crippen LogP contribution in [-0.2, 0) is 6.54 Å². The fraction of sp³-hybridized carbons (Fsp3) is 0.636. The number of nitrogens with two attached hydrogens (primary N) is 1.